The van der Waals surface area contributed by atoms with Crippen LogP contribution in [-0.2, 0) is 6.42 Å². The Morgan fingerprint density at radius 1 is 1.21 bits per heavy atom. The first-order valence-electron chi connectivity index (χ1n) is 7.32. The van der Waals surface area contributed by atoms with Crippen LogP contribution in [0.4, 0.5) is 0 Å². The molecule has 1 saturated heterocycles. The van der Waals surface area contributed by atoms with Crippen LogP contribution >= 0.6 is 0 Å². The SMILES string of the molecule is O=Cc1ccc2c(c1)CCC1CCCN1CCCO2. The number of rotatable bonds is 1. The van der Waals surface area contributed by atoms with Gasteiger partial charge in [0, 0.05) is 18.2 Å². The van der Waals surface area contributed by atoms with Crippen LogP contribution < -0.4 is 4.74 Å². The smallest absolute Gasteiger partial charge is 0.150 e. The maximum atomic E-state index is 10.9. The van der Waals surface area contributed by atoms with Gasteiger partial charge in [-0.25, -0.2) is 0 Å². The number of hydrogen-bond donors (Lipinski definition) is 0. The standard InChI is InChI=1S/C16H21NO2/c18-12-13-4-7-16-14(11-13)5-6-15-3-1-8-17(15)9-2-10-19-16/h4,7,11-12,15H,1-3,5-6,8-10H2. The number of hydrogen-bond acceptors (Lipinski definition) is 3. The Kier molecular flexibility index (Phi) is 3.83. The van der Waals surface area contributed by atoms with Crippen molar-refractivity contribution in [3.63, 3.8) is 0 Å². The summed E-state index contributed by atoms with van der Waals surface area (Å²) in [6.45, 7) is 3.18. The summed E-state index contributed by atoms with van der Waals surface area (Å²) >= 11 is 0. The molecule has 1 fully saturated rings. The lowest BCUT2D eigenvalue weighted by Crippen LogP contribution is -2.32. The first-order valence-corrected chi connectivity index (χ1v) is 7.32. The van der Waals surface area contributed by atoms with Crippen LogP contribution in [0.3, 0.4) is 0 Å². The normalized spacial score (nSPS) is 24.1. The molecule has 2 aliphatic heterocycles. The van der Waals surface area contributed by atoms with E-state index in [-0.39, 0.29) is 0 Å². The summed E-state index contributed by atoms with van der Waals surface area (Å²) in [7, 11) is 0. The van der Waals surface area contributed by atoms with Crippen LogP contribution in [0.5, 0.6) is 5.75 Å². The molecule has 1 aromatic rings. The van der Waals surface area contributed by atoms with E-state index in [1.807, 2.05) is 18.2 Å². The lowest BCUT2D eigenvalue weighted by molar-refractivity contribution is 0.112. The van der Waals surface area contributed by atoms with Crippen molar-refractivity contribution in [1.82, 2.24) is 4.90 Å². The van der Waals surface area contributed by atoms with Gasteiger partial charge in [-0.15, -0.1) is 0 Å². The van der Waals surface area contributed by atoms with Gasteiger partial charge in [-0.05, 0) is 62.4 Å². The van der Waals surface area contributed by atoms with Gasteiger partial charge in [0.1, 0.15) is 12.0 Å². The Balaban J connectivity index is 1.82. The number of ether oxygens (including phenoxy) is 1. The van der Waals surface area contributed by atoms with Gasteiger partial charge in [0.05, 0.1) is 6.61 Å². The molecule has 0 radical (unpaired) electrons. The quantitative estimate of drug-likeness (QED) is 0.726. The molecular weight excluding hydrogens is 238 g/mol. The first-order chi connectivity index (χ1) is 9.36. The third kappa shape index (κ3) is 2.81. The second-order valence-electron chi connectivity index (χ2n) is 5.56. The second-order valence-corrected chi connectivity index (χ2v) is 5.56. The number of nitrogens with zero attached hydrogens (tertiary/aromatic N) is 1. The minimum absolute atomic E-state index is 0.728. The summed E-state index contributed by atoms with van der Waals surface area (Å²) in [5, 5.41) is 0. The summed E-state index contributed by atoms with van der Waals surface area (Å²) in [6.07, 6.45) is 6.85. The molecule has 3 rings (SSSR count). The van der Waals surface area contributed by atoms with Crippen molar-refractivity contribution in [3.05, 3.63) is 29.3 Å². The maximum Gasteiger partial charge on any atom is 0.150 e. The van der Waals surface area contributed by atoms with Crippen LogP contribution in [0.2, 0.25) is 0 Å². The van der Waals surface area contributed by atoms with E-state index in [2.05, 4.69) is 4.90 Å². The predicted molar refractivity (Wildman–Crippen MR) is 74.9 cm³/mol. The fourth-order valence-corrected chi connectivity index (χ4v) is 3.30. The van der Waals surface area contributed by atoms with Gasteiger partial charge in [0.2, 0.25) is 0 Å². The van der Waals surface area contributed by atoms with Gasteiger partial charge in [0.15, 0.2) is 0 Å². The van der Waals surface area contributed by atoms with Crippen molar-refractivity contribution >= 4 is 6.29 Å². The minimum Gasteiger partial charge on any atom is -0.493 e. The van der Waals surface area contributed by atoms with Crippen LogP contribution in [0.1, 0.15) is 41.6 Å². The molecule has 1 unspecified atom stereocenters. The molecule has 0 spiro atoms. The summed E-state index contributed by atoms with van der Waals surface area (Å²) in [5.41, 5.74) is 1.95. The van der Waals surface area contributed by atoms with E-state index in [0.29, 0.717) is 0 Å². The molecule has 0 N–H and O–H groups in total. The van der Waals surface area contributed by atoms with E-state index in [4.69, 9.17) is 4.74 Å². The van der Waals surface area contributed by atoms with E-state index in [1.54, 1.807) is 0 Å². The molecule has 0 amide bonds. The van der Waals surface area contributed by atoms with Crippen molar-refractivity contribution < 1.29 is 9.53 Å². The lowest BCUT2D eigenvalue weighted by atomic mass is 10.0. The predicted octanol–water partition coefficient (Wildman–Crippen LogP) is 2.68. The molecule has 0 bridgehead atoms. The van der Waals surface area contributed by atoms with Crippen molar-refractivity contribution in [2.45, 2.75) is 38.1 Å². The maximum absolute atomic E-state index is 10.9. The molecule has 2 heterocycles. The molecule has 19 heavy (non-hydrogen) atoms. The number of aldehydes is 1. The molecule has 1 atom stereocenters. The van der Waals surface area contributed by atoms with Crippen molar-refractivity contribution in [2.75, 3.05) is 19.7 Å². The minimum atomic E-state index is 0.728. The number of aryl methyl sites for hydroxylation is 1. The molecule has 102 valence electrons. The summed E-state index contributed by atoms with van der Waals surface area (Å²) in [4.78, 5) is 13.5. The molecule has 3 nitrogen and oxygen atoms in total. The van der Waals surface area contributed by atoms with Crippen LogP contribution in [0.25, 0.3) is 0 Å². The highest BCUT2D eigenvalue weighted by Crippen LogP contribution is 2.27. The van der Waals surface area contributed by atoms with Gasteiger partial charge in [-0.3, -0.25) is 4.79 Å². The van der Waals surface area contributed by atoms with Crippen LogP contribution in [-0.4, -0.2) is 36.9 Å². The molecule has 2 aliphatic rings. The van der Waals surface area contributed by atoms with E-state index >= 15 is 0 Å². The van der Waals surface area contributed by atoms with Crippen LogP contribution in [0, 0.1) is 0 Å². The number of benzene rings is 1. The van der Waals surface area contributed by atoms with Gasteiger partial charge >= 0.3 is 0 Å². The number of fused-ring (bicyclic) bond motifs is 2. The molecule has 0 aromatic heterocycles. The molecular formula is C16H21NO2. The zero-order valence-electron chi connectivity index (χ0n) is 11.3. The molecule has 0 aliphatic carbocycles. The van der Waals surface area contributed by atoms with E-state index < -0.39 is 0 Å². The first kappa shape index (κ1) is 12.7. The highest BCUT2D eigenvalue weighted by Gasteiger charge is 2.24. The summed E-state index contributed by atoms with van der Waals surface area (Å²) in [6, 6.07) is 6.52. The van der Waals surface area contributed by atoms with Gasteiger partial charge < -0.3 is 9.64 Å². The van der Waals surface area contributed by atoms with Crippen molar-refractivity contribution in [1.29, 1.82) is 0 Å². The highest BCUT2D eigenvalue weighted by atomic mass is 16.5. The second kappa shape index (κ2) is 5.74. The largest absolute Gasteiger partial charge is 0.493 e. The van der Waals surface area contributed by atoms with Gasteiger partial charge in [-0.1, -0.05) is 0 Å². The average Bonchev–Trinajstić information content (AvgIpc) is 2.90. The van der Waals surface area contributed by atoms with E-state index in [9.17, 15) is 4.79 Å². The summed E-state index contributed by atoms with van der Waals surface area (Å²) < 4.78 is 5.87. The Hall–Kier alpha value is -1.35. The zero-order valence-corrected chi connectivity index (χ0v) is 11.3. The zero-order chi connectivity index (χ0) is 13.1. The third-order valence-electron chi connectivity index (χ3n) is 4.31. The third-order valence-corrected chi connectivity index (χ3v) is 4.31. The highest BCUT2D eigenvalue weighted by molar-refractivity contribution is 5.75. The van der Waals surface area contributed by atoms with E-state index in [0.717, 1.165) is 49.6 Å². The monoisotopic (exact) mass is 259 g/mol. The fourth-order valence-electron chi connectivity index (χ4n) is 3.30. The Morgan fingerprint density at radius 2 is 2.11 bits per heavy atom. The Morgan fingerprint density at radius 3 is 3.00 bits per heavy atom. The summed E-state index contributed by atoms with van der Waals surface area (Å²) in [5.74, 6) is 0.969. The Bertz CT molecular complexity index is 458. The number of carbonyl (C=O) groups excluding carboxylic acids is 1. The average molecular weight is 259 g/mol. The van der Waals surface area contributed by atoms with Gasteiger partial charge in [-0.2, -0.15) is 0 Å². The fraction of sp³-hybridized carbons (Fsp3) is 0.562. The number of carbonyl (C=O) groups is 1. The molecule has 0 saturated carbocycles. The van der Waals surface area contributed by atoms with Crippen molar-refractivity contribution in [3.8, 4) is 5.75 Å². The van der Waals surface area contributed by atoms with Crippen molar-refractivity contribution in [2.24, 2.45) is 0 Å². The van der Waals surface area contributed by atoms with E-state index in [1.165, 1.54) is 31.4 Å². The Labute approximate surface area is 114 Å². The molecule has 1 aromatic carbocycles. The lowest BCUT2D eigenvalue weighted by Gasteiger charge is -2.26. The van der Waals surface area contributed by atoms with Crippen LogP contribution in [0.15, 0.2) is 18.2 Å². The topological polar surface area (TPSA) is 29.5 Å². The van der Waals surface area contributed by atoms with Gasteiger partial charge in [0.25, 0.3) is 0 Å². The molecule has 3 heteroatoms.